The molecule has 98 valence electrons. The summed E-state index contributed by atoms with van der Waals surface area (Å²) in [7, 11) is -3.33. The molecule has 0 spiro atoms. The summed E-state index contributed by atoms with van der Waals surface area (Å²) in [5.41, 5.74) is 1.78. The first-order valence-electron chi connectivity index (χ1n) is 5.97. The number of hydrogen-bond acceptors (Lipinski definition) is 3. The third kappa shape index (κ3) is 2.57. The summed E-state index contributed by atoms with van der Waals surface area (Å²) in [4.78, 5) is 0. The normalized spacial score (nSPS) is 20.1. The summed E-state index contributed by atoms with van der Waals surface area (Å²) in [5.74, 6) is -0.0337. The van der Waals surface area contributed by atoms with Gasteiger partial charge in [-0.25, -0.2) is 8.42 Å². The molecule has 5 heteroatoms. The number of nitrogens with zero attached hydrogens (tertiary/aromatic N) is 1. The Balaban J connectivity index is 2.48. The molecule has 0 bridgehead atoms. The zero-order valence-corrected chi connectivity index (χ0v) is 11.3. The first-order chi connectivity index (χ1) is 8.54. The first kappa shape index (κ1) is 13.1. The second kappa shape index (κ2) is 5.12. The third-order valence-electron chi connectivity index (χ3n) is 3.01. The molecular formula is C13H18N2O2S. The molecule has 0 aliphatic carbocycles. The van der Waals surface area contributed by atoms with Gasteiger partial charge >= 0.3 is 0 Å². The lowest BCUT2D eigenvalue weighted by Gasteiger charge is -2.25. The van der Waals surface area contributed by atoms with Crippen LogP contribution in [0.1, 0.15) is 12.5 Å². The molecule has 1 atom stereocenters. The molecule has 1 heterocycles. The molecule has 0 amide bonds. The Labute approximate surface area is 108 Å². The van der Waals surface area contributed by atoms with Crippen molar-refractivity contribution >= 4 is 15.7 Å². The maximum atomic E-state index is 12.3. The largest absolute Gasteiger partial charge is 0.308 e. The van der Waals surface area contributed by atoms with Crippen LogP contribution in [-0.4, -0.2) is 26.8 Å². The monoisotopic (exact) mass is 266 g/mol. The Bertz CT molecular complexity index is 540. The van der Waals surface area contributed by atoms with Gasteiger partial charge < -0.3 is 5.32 Å². The Kier molecular flexibility index (Phi) is 3.73. The van der Waals surface area contributed by atoms with Crippen molar-refractivity contribution in [1.82, 2.24) is 5.32 Å². The number of para-hydroxylation sites is 1. The third-order valence-corrected chi connectivity index (χ3v) is 4.68. The lowest BCUT2D eigenvalue weighted by atomic mass is 10.2. The van der Waals surface area contributed by atoms with E-state index >= 15 is 0 Å². The molecule has 1 aliphatic rings. The van der Waals surface area contributed by atoms with Gasteiger partial charge in [-0.2, -0.15) is 0 Å². The summed E-state index contributed by atoms with van der Waals surface area (Å²) in [6, 6.07) is 7.73. The van der Waals surface area contributed by atoms with Gasteiger partial charge in [0.05, 0.1) is 11.4 Å². The van der Waals surface area contributed by atoms with Gasteiger partial charge in [0.2, 0.25) is 10.0 Å². The lowest BCUT2D eigenvalue weighted by Crippen LogP contribution is -2.40. The standard InChI is InChI=1S/C13H18N2O2S/c1-3-8-18(16,17)15-10-11(2)14-9-12-6-4-5-7-13(12)15/h3-7,11,14H,1,8-10H2,2H3. The van der Waals surface area contributed by atoms with Crippen molar-refractivity contribution in [2.45, 2.75) is 19.5 Å². The van der Waals surface area contributed by atoms with E-state index in [4.69, 9.17) is 0 Å². The molecule has 18 heavy (non-hydrogen) atoms. The number of benzene rings is 1. The highest BCUT2D eigenvalue weighted by Gasteiger charge is 2.27. The van der Waals surface area contributed by atoms with Gasteiger partial charge in [-0.3, -0.25) is 4.31 Å². The average molecular weight is 266 g/mol. The number of sulfonamides is 1. The fraction of sp³-hybridized carbons (Fsp3) is 0.385. The van der Waals surface area contributed by atoms with Crippen LogP contribution >= 0.6 is 0 Å². The Hall–Kier alpha value is -1.33. The van der Waals surface area contributed by atoms with Gasteiger partial charge in [0.25, 0.3) is 0 Å². The fourth-order valence-electron chi connectivity index (χ4n) is 2.10. The predicted octanol–water partition coefficient (Wildman–Crippen LogP) is 1.50. The van der Waals surface area contributed by atoms with Crippen molar-refractivity contribution in [2.75, 3.05) is 16.6 Å². The molecule has 1 aromatic carbocycles. The van der Waals surface area contributed by atoms with Crippen molar-refractivity contribution in [3.8, 4) is 0 Å². The van der Waals surface area contributed by atoms with Crippen molar-refractivity contribution in [3.05, 3.63) is 42.5 Å². The molecule has 0 aromatic heterocycles. The van der Waals surface area contributed by atoms with E-state index in [-0.39, 0.29) is 11.8 Å². The molecule has 1 aromatic rings. The smallest absolute Gasteiger partial charge is 0.238 e. The molecule has 1 unspecified atom stereocenters. The van der Waals surface area contributed by atoms with Crippen LogP contribution in [0.25, 0.3) is 0 Å². The molecule has 0 saturated carbocycles. The highest BCUT2D eigenvalue weighted by atomic mass is 32.2. The number of rotatable bonds is 3. The zero-order valence-electron chi connectivity index (χ0n) is 10.5. The van der Waals surface area contributed by atoms with E-state index in [9.17, 15) is 8.42 Å². The maximum Gasteiger partial charge on any atom is 0.238 e. The molecule has 0 saturated heterocycles. The van der Waals surface area contributed by atoms with Crippen LogP contribution in [0.15, 0.2) is 36.9 Å². The van der Waals surface area contributed by atoms with Crippen molar-refractivity contribution < 1.29 is 8.42 Å². The molecule has 4 nitrogen and oxygen atoms in total. The lowest BCUT2D eigenvalue weighted by molar-refractivity contribution is 0.557. The highest BCUT2D eigenvalue weighted by molar-refractivity contribution is 7.92. The molecular weight excluding hydrogens is 248 g/mol. The van der Waals surface area contributed by atoms with Crippen molar-refractivity contribution in [3.63, 3.8) is 0 Å². The summed E-state index contributed by atoms with van der Waals surface area (Å²) in [5, 5.41) is 3.31. The number of fused-ring (bicyclic) bond motifs is 1. The fourth-order valence-corrected chi connectivity index (χ4v) is 3.51. The second-order valence-corrected chi connectivity index (χ2v) is 6.45. The zero-order chi connectivity index (χ0) is 13.2. The van der Waals surface area contributed by atoms with Crippen LogP contribution in [-0.2, 0) is 16.6 Å². The van der Waals surface area contributed by atoms with Gasteiger partial charge in [-0.15, -0.1) is 6.58 Å². The van der Waals surface area contributed by atoms with Crippen molar-refractivity contribution in [1.29, 1.82) is 0 Å². The van der Waals surface area contributed by atoms with E-state index in [0.717, 1.165) is 11.3 Å². The summed E-state index contributed by atoms with van der Waals surface area (Å²) < 4.78 is 26.0. The first-order valence-corrected chi connectivity index (χ1v) is 7.58. The summed E-state index contributed by atoms with van der Waals surface area (Å²) in [6.07, 6.45) is 1.43. The van der Waals surface area contributed by atoms with Crippen LogP contribution in [0.2, 0.25) is 0 Å². The quantitative estimate of drug-likeness (QED) is 0.844. The van der Waals surface area contributed by atoms with Crippen LogP contribution in [0.3, 0.4) is 0 Å². The molecule has 0 fully saturated rings. The van der Waals surface area contributed by atoms with Crippen LogP contribution in [0, 0.1) is 0 Å². The predicted molar refractivity (Wildman–Crippen MR) is 74.1 cm³/mol. The van der Waals surface area contributed by atoms with Crippen LogP contribution < -0.4 is 9.62 Å². The Morgan fingerprint density at radius 2 is 2.22 bits per heavy atom. The molecule has 0 radical (unpaired) electrons. The van der Waals surface area contributed by atoms with Crippen LogP contribution in [0.4, 0.5) is 5.69 Å². The second-order valence-electron chi connectivity index (χ2n) is 4.51. The van der Waals surface area contributed by atoms with E-state index in [1.54, 1.807) is 0 Å². The molecule has 2 rings (SSSR count). The molecule has 1 aliphatic heterocycles. The SMILES string of the molecule is C=CCS(=O)(=O)N1CC(C)NCc2ccccc21. The Morgan fingerprint density at radius 1 is 1.50 bits per heavy atom. The minimum Gasteiger partial charge on any atom is -0.308 e. The van der Waals surface area contributed by atoms with E-state index in [1.807, 2.05) is 31.2 Å². The molecule has 1 N–H and O–H groups in total. The van der Waals surface area contributed by atoms with E-state index < -0.39 is 10.0 Å². The van der Waals surface area contributed by atoms with Gasteiger partial charge in [0, 0.05) is 19.1 Å². The van der Waals surface area contributed by atoms with Gasteiger partial charge in [0.15, 0.2) is 0 Å². The van der Waals surface area contributed by atoms with Crippen LogP contribution in [0.5, 0.6) is 0 Å². The maximum absolute atomic E-state index is 12.3. The van der Waals surface area contributed by atoms with Gasteiger partial charge in [-0.1, -0.05) is 24.3 Å². The number of hydrogen-bond donors (Lipinski definition) is 1. The highest BCUT2D eigenvalue weighted by Crippen LogP contribution is 2.26. The van der Waals surface area contributed by atoms with E-state index in [2.05, 4.69) is 11.9 Å². The van der Waals surface area contributed by atoms with Gasteiger partial charge in [0.1, 0.15) is 0 Å². The topological polar surface area (TPSA) is 49.4 Å². The minimum atomic E-state index is -3.33. The van der Waals surface area contributed by atoms with Crippen molar-refractivity contribution in [2.24, 2.45) is 0 Å². The van der Waals surface area contributed by atoms with Gasteiger partial charge in [-0.05, 0) is 18.6 Å². The number of nitrogens with one attached hydrogen (secondary N) is 1. The minimum absolute atomic E-state index is 0.0337. The summed E-state index contributed by atoms with van der Waals surface area (Å²) in [6.45, 7) is 6.65. The van der Waals surface area contributed by atoms with E-state index in [0.29, 0.717) is 13.1 Å². The summed E-state index contributed by atoms with van der Waals surface area (Å²) >= 11 is 0. The van der Waals surface area contributed by atoms with E-state index in [1.165, 1.54) is 10.4 Å². The number of anilines is 1. The Morgan fingerprint density at radius 3 is 2.94 bits per heavy atom. The average Bonchev–Trinajstić information content (AvgIpc) is 2.50.